The van der Waals surface area contributed by atoms with Gasteiger partial charge in [0, 0.05) is 20.1 Å². The van der Waals surface area contributed by atoms with E-state index < -0.39 is 0 Å². The number of nitrogens with one attached hydrogen (secondary N) is 2. The largest absolute Gasteiger partial charge is 0.497 e. The van der Waals surface area contributed by atoms with E-state index >= 15 is 0 Å². The molecule has 0 saturated carbocycles. The lowest BCUT2D eigenvalue weighted by Gasteiger charge is -2.13. The molecule has 2 N–H and O–H groups in total. The monoisotopic (exact) mass is 293 g/mol. The smallest absolute Gasteiger partial charge is 0.190 e. The quantitative estimate of drug-likeness (QED) is 0.439. The van der Waals surface area contributed by atoms with Crippen LogP contribution in [0.5, 0.6) is 11.5 Å². The predicted molar refractivity (Wildman–Crippen MR) is 87.3 cm³/mol. The van der Waals surface area contributed by atoms with Crippen LogP contribution in [-0.4, -0.2) is 39.8 Å². The third kappa shape index (κ3) is 7.44. The molecule has 5 nitrogen and oxygen atoms in total. The van der Waals surface area contributed by atoms with Crippen LogP contribution in [0.25, 0.3) is 0 Å². The fraction of sp³-hybridized carbons (Fsp3) is 0.562. The van der Waals surface area contributed by atoms with Crippen LogP contribution in [0.2, 0.25) is 0 Å². The highest BCUT2D eigenvalue weighted by Crippen LogP contribution is 2.16. The van der Waals surface area contributed by atoms with Gasteiger partial charge in [-0.05, 0) is 36.6 Å². The summed E-state index contributed by atoms with van der Waals surface area (Å²) in [5.41, 5.74) is 0. The molecule has 5 heteroatoms. The molecule has 1 rings (SSSR count). The molecular weight excluding hydrogens is 266 g/mol. The molecular formula is C16H27N3O2. The Morgan fingerprint density at radius 1 is 1.14 bits per heavy atom. The SMILES string of the molecule is CN=C(NCCCOc1ccc(OC)cc1)NCC(C)C. The molecule has 0 bridgehead atoms. The van der Waals surface area contributed by atoms with Crippen molar-refractivity contribution in [3.63, 3.8) is 0 Å². The molecule has 0 amide bonds. The van der Waals surface area contributed by atoms with Crippen molar-refractivity contribution in [1.82, 2.24) is 10.6 Å². The second kappa shape index (κ2) is 9.91. The minimum absolute atomic E-state index is 0.599. The van der Waals surface area contributed by atoms with E-state index in [-0.39, 0.29) is 0 Å². The summed E-state index contributed by atoms with van der Waals surface area (Å²) in [5.74, 6) is 3.14. The number of benzene rings is 1. The fourth-order valence-corrected chi connectivity index (χ4v) is 1.66. The van der Waals surface area contributed by atoms with Crippen LogP contribution >= 0.6 is 0 Å². The standard InChI is InChI=1S/C16H27N3O2/c1-13(2)12-19-16(17-3)18-10-5-11-21-15-8-6-14(20-4)7-9-15/h6-9,13H,5,10-12H2,1-4H3,(H2,17,18,19). The number of guanidine groups is 1. The van der Waals surface area contributed by atoms with E-state index in [1.54, 1.807) is 14.2 Å². The molecule has 0 atom stereocenters. The Balaban J connectivity index is 2.15. The van der Waals surface area contributed by atoms with Crippen LogP contribution in [0.15, 0.2) is 29.3 Å². The first-order valence-electron chi connectivity index (χ1n) is 7.37. The number of hydrogen-bond donors (Lipinski definition) is 2. The lowest BCUT2D eigenvalue weighted by Crippen LogP contribution is -2.39. The third-order valence-electron chi connectivity index (χ3n) is 2.84. The second-order valence-electron chi connectivity index (χ2n) is 5.15. The van der Waals surface area contributed by atoms with Gasteiger partial charge in [-0.1, -0.05) is 13.8 Å². The number of methoxy groups -OCH3 is 1. The summed E-state index contributed by atoms with van der Waals surface area (Å²) in [6, 6.07) is 7.61. The van der Waals surface area contributed by atoms with Crippen LogP contribution in [-0.2, 0) is 0 Å². The molecule has 0 radical (unpaired) electrons. The first-order chi connectivity index (χ1) is 10.2. The lowest BCUT2D eigenvalue weighted by molar-refractivity contribution is 0.310. The molecule has 0 spiro atoms. The van der Waals surface area contributed by atoms with Gasteiger partial charge in [-0.3, -0.25) is 4.99 Å². The highest BCUT2D eigenvalue weighted by Gasteiger charge is 1.99. The molecule has 1 aromatic carbocycles. The van der Waals surface area contributed by atoms with Gasteiger partial charge in [-0.25, -0.2) is 0 Å². The van der Waals surface area contributed by atoms with Gasteiger partial charge in [0.1, 0.15) is 11.5 Å². The van der Waals surface area contributed by atoms with Crippen LogP contribution in [0, 0.1) is 5.92 Å². The third-order valence-corrected chi connectivity index (χ3v) is 2.84. The Hall–Kier alpha value is -1.91. The normalized spacial score (nSPS) is 11.4. The molecule has 1 aromatic rings. The predicted octanol–water partition coefficient (Wildman–Crippen LogP) is 2.29. The van der Waals surface area contributed by atoms with E-state index in [0.29, 0.717) is 12.5 Å². The molecule has 21 heavy (non-hydrogen) atoms. The van der Waals surface area contributed by atoms with Gasteiger partial charge in [0.05, 0.1) is 13.7 Å². The van der Waals surface area contributed by atoms with E-state index in [1.165, 1.54) is 0 Å². The van der Waals surface area contributed by atoms with Crippen LogP contribution in [0.1, 0.15) is 20.3 Å². The molecule has 0 unspecified atom stereocenters. The summed E-state index contributed by atoms with van der Waals surface area (Å²) >= 11 is 0. The molecule has 118 valence electrons. The van der Waals surface area contributed by atoms with Gasteiger partial charge in [0.25, 0.3) is 0 Å². The Morgan fingerprint density at radius 2 is 1.81 bits per heavy atom. The summed E-state index contributed by atoms with van der Waals surface area (Å²) in [7, 11) is 3.44. The maximum absolute atomic E-state index is 5.66. The maximum atomic E-state index is 5.66. The zero-order valence-corrected chi connectivity index (χ0v) is 13.5. The van der Waals surface area contributed by atoms with E-state index in [0.717, 1.165) is 37.0 Å². The summed E-state index contributed by atoms with van der Waals surface area (Å²) in [6.45, 7) is 6.75. The number of ether oxygens (including phenoxy) is 2. The maximum Gasteiger partial charge on any atom is 0.190 e. The summed E-state index contributed by atoms with van der Waals surface area (Å²) in [6.07, 6.45) is 0.911. The zero-order valence-electron chi connectivity index (χ0n) is 13.5. The minimum atomic E-state index is 0.599. The number of aliphatic imine (C=N–C) groups is 1. The lowest BCUT2D eigenvalue weighted by atomic mass is 10.2. The van der Waals surface area contributed by atoms with E-state index in [4.69, 9.17) is 9.47 Å². The molecule has 0 heterocycles. The van der Waals surface area contributed by atoms with Crippen molar-refractivity contribution in [1.29, 1.82) is 0 Å². The van der Waals surface area contributed by atoms with Gasteiger partial charge >= 0.3 is 0 Å². The topological polar surface area (TPSA) is 54.9 Å². The molecule has 0 aliphatic carbocycles. The van der Waals surface area contributed by atoms with Gasteiger partial charge in [-0.15, -0.1) is 0 Å². The summed E-state index contributed by atoms with van der Waals surface area (Å²) in [5, 5.41) is 6.54. The molecule has 0 aliphatic heterocycles. The molecule has 0 saturated heterocycles. The fourth-order valence-electron chi connectivity index (χ4n) is 1.66. The Morgan fingerprint density at radius 3 is 2.38 bits per heavy atom. The van der Waals surface area contributed by atoms with E-state index in [1.807, 2.05) is 24.3 Å². The summed E-state index contributed by atoms with van der Waals surface area (Å²) < 4.78 is 10.8. The van der Waals surface area contributed by atoms with Crippen LogP contribution in [0.4, 0.5) is 0 Å². The van der Waals surface area contributed by atoms with Crippen LogP contribution in [0.3, 0.4) is 0 Å². The first-order valence-corrected chi connectivity index (χ1v) is 7.37. The Kier molecular flexibility index (Phi) is 8.09. The first kappa shape index (κ1) is 17.1. The average Bonchev–Trinajstić information content (AvgIpc) is 2.50. The molecule has 0 aromatic heterocycles. The number of rotatable bonds is 8. The van der Waals surface area contributed by atoms with Gasteiger partial charge in [0.2, 0.25) is 0 Å². The van der Waals surface area contributed by atoms with Crippen molar-refractivity contribution < 1.29 is 9.47 Å². The van der Waals surface area contributed by atoms with Crippen molar-refractivity contribution >= 4 is 5.96 Å². The minimum Gasteiger partial charge on any atom is -0.497 e. The van der Waals surface area contributed by atoms with Gasteiger partial charge in [-0.2, -0.15) is 0 Å². The Labute approximate surface area is 127 Å². The highest BCUT2D eigenvalue weighted by atomic mass is 16.5. The van der Waals surface area contributed by atoms with Crippen molar-refractivity contribution in [3.05, 3.63) is 24.3 Å². The van der Waals surface area contributed by atoms with Crippen molar-refractivity contribution in [3.8, 4) is 11.5 Å². The highest BCUT2D eigenvalue weighted by molar-refractivity contribution is 5.79. The van der Waals surface area contributed by atoms with Gasteiger partial charge in [0.15, 0.2) is 5.96 Å². The van der Waals surface area contributed by atoms with Gasteiger partial charge < -0.3 is 20.1 Å². The molecule has 0 aliphatic rings. The van der Waals surface area contributed by atoms with Crippen LogP contribution < -0.4 is 20.1 Å². The van der Waals surface area contributed by atoms with E-state index in [2.05, 4.69) is 29.5 Å². The van der Waals surface area contributed by atoms with Crippen molar-refractivity contribution in [2.24, 2.45) is 10.9 Å². The molecule has 0 fully saturated rings. The number of hydrogen-bond acceptors (Lipinski definition) is 3. The van der Waals surface area contributed by atoms with E-state index in [9.17, 15) is 0 Å². The number of nitrogens with zero attached hydrogens (tertiary/aromatic N) is 1. The Bertz CT molecular complexity index is 416. The average molecular weight is 293 g/mol. The second-order valence-corrected chi connectivity index (χ2v) is 5.15. The van der Waals surface area contributed by atoms with Crippen molar-refractivity contribution in [2.45, 2.75) is 20.3 Å². The zero-order chi connectivity index (χ0) is 15.5. The van der Waals surface area contributed by atoms with Crippen molar-refractivity contribution in [2.75, 3.05) is 33.9 Å². The summed E-state index contributed by atoms with van der Waals surface area (Å²) in [4.78, 5) is 4.17.